The number of benzene rings is 1. The van der Waals surface area contributed by atoms with Crippen LogP contribution >= 0.6 is 0 Å². The number of amides is 1. The first-order chi connectivity index (χ1) is 15.9. The zero-order chi connectivity index (χ0) is 22.6. The molecule has 0 aliphatic carbocycles. The van der Waals surface area contributed by atoms with Gasteiger partial charge in [0.25, 0.3) is 5.91 Å². The summed E-state index contributed by atoms with van der Waals surface area (Å²) in [6.45, 7) is 0. The molecule has 166 valence electrons. The zero-order valence-corrected chi connectivity index (χ0v) is 17.4. The van der Waals surface area contributed by atoms with Crippen molar-refractivity contribution in [2.75, 3.05) is 5.32 Å². The highest BCUT2D eigenvalue weighted by Crippen LogP contribution is 2.54. The Morgan fingerprint density at radius 1 is 1.15 bits per heavy atom. The monoisotopic (exact) mass is 450 g/mol. The lowest BCUT2D eigenvalue weighted by molar-refractivity contribution is 0.0472. The Morgan fingerprint density at radius 2 is 1.94 bits per heavy atom. The number of hydrogen-bond donors (Lipinski definition) is 1. The van der Waals surface area contributed by atoms with Gasteiger partial charge < -0.3 is 10.2 Å². The minimum absolute atomic E-state index is 0.123. The molecule has 1 saturated heterocycles. The number of rotatable bonds is 1. The van der Waals surface area contributed by atoms with E-state index in [0.29, 0.717) is 47.8 Å². The van der Waals surface area contributed by atoms with Gasteiger partial charge in [0, 0.05) is 30.8 Å². The van der Waals surface area contributed by atoms with Gasteiger partial charge in [0.05, 0.1) is 17.4 Å². The second-order valence-electron chi connectivity index (χ2n) is 8.89. The number of carbonyl (C=O) groups is 1. The van der Waals surface area contributed by atoms with Crippen molar-refractivity contribution in [3.8, 4) is 11.3 Å². The van der Waals surface area contributed by atoms with E-state index in [0.717, 1.165) is 17.7 Å². The quantitative estimate of drug-likeness (QED) is 0.448. The molecule has 3 aliphatic heterocycles. The maximum atomic E-state index is 14.0. The van der Waals surface area contributed by atoms with Crippen LogP contribution in [0, 0.1) is 17.5 Å². The van der Waals surface area contributed by atoms with Crippen molar-refractivity contribution < 1.29 is 18.0 Å². The number of aryl methyl sites for hydroxylation is 1. The van der Waals surface area contributed by atoms with Crippen molar-refractivity contribution in [1.29, 1.82) is 0 Å². The summed E-state index contributed by atoms with van der Waals surface area (Å²) in [7, 11) is 1.69. The lowest BCUT2D eigenvalue weighted by Crippen LogP contribution is -2.60. The molecule has 1 N–H and O–H groups in total. The van der Waals surface area contributed by atoms with Crippen LogP contribution in [-0.2, 0) is 13.5 Å². The van der Waals surface area contributed by atoms with Crippen LogP contribution < -0.4 is 5.32 Å². The minimum Gasteiger partial charge on any atom is -0.345 e. The van der Waals surface area contributed by atoms with Gasteiger partial charge in [-0.2, -0.15) is 5.10 Å². The smallest absolute Gasteiger partial charge is 0.277 e. The Balaban J connectivity index is 1.41. The van der Waals surface area contributed by atoms with Gasteiger partial charge in [-0.1, -0.05) is 6.07 Å². The fourth-order valence-electron chi connectivity index (χ4n) is 5.86. The van der Waals surface area contributed by atoms with Crippen LogP contribution in [0.3, 0.4) is 0 Å². The molecule has 0 spiro atoms. The van der Waals surface area contributed by atoms with Crippen LogP contribution in [0.5, 0.6) is 0 Å². The third-order valence-corrected chi connectivity index (χ3v) is 7.13. The number of nitrogens with one attached hydrogen (secondary N) is 1. The molecule has 1 amide bonds. The van der Waals surface area contributed by atoms with E-state index in [2.05, 4.69) is 15.4 Å². The summed E-state index contributed by atoms with van der Waals surface area (Å²) in [5, 5.41) is 8.16. The predicted molar refractivity (Wildman–Crippen MR) is 112 cm³/mol. The number of aromatic nitrogens is 4. The predicted octanol–water partition coefficient (Wildman–Crippen LogP) is 3.81. The van der Waals surface area contributed by atoms with E-state index in [9.17, 15) is 18.0 Å². The highest BCUT2D eigenvalue weighted by atomic mass is 19.2. The van der Waals surface area contributed by atoms with Crippen LogP contribution in [0.1, 0.15) is 40.6 Å². The molecule has 3 aromatic heterocycles. The highest BCUT2D eigenvalue weighted by Gasteiger charge is 2.58. The maximum Gasteiger partial charge on any atom is 0.277 e. The Bertz CT molecular complexity index is 1500. The summed E-state index contributed by atoms with van der Waals surface area (Å²) in [5.41, 5.74) is 2.67. The summed E-state index contributed by atoms with van der Waals surface area (Å²) in [6, 6.07) is 7.24. The maximum absolute atomic E-state index is 14.0. The van der Waals surface area contributed by atoms with Crippen molar-refractivity contribution in [3.63, 3.8) is 0 Å². The number of anilines is 1. The molecule has 6 heterocycles. The Kier molecular flexibility index (Phi) is 3.37. The first kappa shape index (κ1) is 18.7. The molecule has 2 bridgehead atoms. The number of hydrogen-bond acceptors (Lipinski definition) is 4. The average molecular weight is 450 g/mol. The number of pyridine rings is 1. The van der Waals surface area contributed by atoms with Crippen molar-refractivity contribution in [2.24, 2.45) is 7.05 Å². The second-order valence-corrected chi connectivity index (χ2v) is 8.89. The topological polar surface area (TPSA) is 67.5 Å². The molecule has 0 radical (unpaired) electrons. The van der Waals surface area contributed by atoms with Crippen LogP contribution in [0.15, 0.2) is 36.5 Å². The van der Waals surface area contributed by atoms with Crippen LogP contribution in [0.4, 0.5) is 19.0 Å². The van der Waals surface area contributed by atoms with Crippen molar-refractivity contribution in [2.45, 2.75) is 31.0 Å². The molecule has 7 nitrogen and oxygen atoms in total. The number of carbonyl (C=O) groups excluding carboxylic acids is 1. The Hall–Kier alpha value is -3.82. The number of fused-ring (bicyclic) bond motifs is 5. The summed E-state index contributed by atoms with van der Waals surface area (Å²) in [5.74, 6) is -3.60. The van der Waals surface area contributed by atoms with Gasteiger partial charge in [-0.05, 0) is 37.1 Å². The van der Waals surface area contributed by atoms with Gasteiger partial charge in [0.1, 0.15) is 11.3 Å². The molecule has 2 atom stereocenters. The van der Waals surface area contributed by atoms with Gasteiger partial charge in [-0.3, -0.25) is 13.9 Å². The first-order valence-electron chi connectivity index (χ1n) is 10.7. The number of nitrogens with zero attached hydrogens (tertiary/aromatic N) is 5. The van der Waals surface area contributed by atoms with E-state index in [4.69, 9.17) is 0 Å². The van der Waals surface area contributed by atoms with Gasteiger partial charge in [-0.15, -0.1) is 0 Å². The molecule has 0 saturated carbocycles. The Labute approximate surface area is 185 Å². The summed E-state index contributed by atoms with van der Waals surface area (Å²) >= 11 is 0. The van der Waals surface area contributed by atoms with Crippen molar-refractivity contribution in [1.82, 2.24) is 24.1 Å². The minimum atomic E-state index is -1.50. The molecule has 0 unspecified atom stereocenters. The van der Waals surface area contributed by atoms with E-state index in [1.165, 1.54) is 0 Å². The van der Waals surface area contributed by atoms with Crippen LogP contribution in [0.25, 0.3) is 16.9 Å². The molecule has 3 aliphatic rings. The van der Waals surface area contributed by atoms with E-state index in [-0.39, 0.29) is 17.5 Å². The fraction of sp³-hybridized carbons (Fsp3) is 0.261. The SMILES string of the molecule is Cn1nc2c(c1-c1cc(F)c(F)c(F)c1)C[C@@]13CC[C@@H]2N1C(=O)c1c(nc2ccccn12)N3. The third kappa shape index (κ3) is 2.22. The van der Waals surface area contributed by atoms with Crippen LogP contribution in [-0.4, -0.2) is 35.6 Å². The van der Waals surface area contributed by atoms with Crippen molar-refractivity contribution >= 4 is 17.4 Å². The van der Waals surface area contributed by atoms with Gasteiger partial charge in [-0.25, -0.2) is 18.2 Å². The summed E-state index contributed by atoms with van der Waals surface area (Å²) < 4.78 is 45.0. The average Bonchev–Trinajstić information content (AvgIpc) is 3.41. The third-order valence-electron chi connectivity index (χ3n) is 7.13. The lowest BCUT2D eigenvalue weighted by atomic mass is 9.89. The standard InChI is InChI=1S/C23H17F3N6O/c1-30-19(11-8-13(24)17(26)14(25)9-11)12-10-23-6-5-15(18(12)29-30)32(23)22(33)20-21(28-23)27-16-4-2-3-7-31(16)20/h2-4,7-9,15,28H,5-6,10H2,1H3/t15-,23+/m0/s1. The van der Waals surface area contributed by atoms with Gasteiger partial charge >= 0.3 is 0 Å². The molecular weight excluding hydrogens is 433 g/mol. The molecule has 7 rings (SSSR count). The van der Waals surface area contributed by atoms with Gasteiger partial charge in [0.2, 0.25) is 0 Å². The van der Waals surface area contributed by atoms with E-state index >= 15 is 0 Å². The summed E-state index contributed by atoms with van der Waals surface area (Å²) in [6.07, 6.45) is 3.58. The molecule has 1 fully saturated rings. The van der Waals surface area contributed by atoms with Gasteiger partial charge in [0.15, 0.2) is 29.0 Å². The summed E-state index contributed by atoms with van der Waals surface area (Å²) in [4.78, 5) is 20.2. The van der Waals surface area contributed by atoms with E-state index in [1.54, 1.807) is 16.1 Å². The van der Waals surface area contributed by atoms with Crippen LogP contribution in [0.2, 0.25) is 0 Å². The Morgan fingerprint density at radius 3 is 2.73 bits per heavy atom. The zero-order valence-electron chi connectivity index (χ0n) is 17.4. The second kappa shape index (κ2) is 5.94. The fourth-order valence-corrected chi connectivity index (χ4v) is 5.86. The largest absolute Gasteiger partial charge is 0.345 e. The first-order valence-corrected chi connectivity index (χ1v) is 10.7. The number of imidazole rings is 1. The highest BCUT2D eigenvalue weighted by molar-refractivity contribution is 6.02. The van der Waals surface area contributed by atoms with E-state index in [1.807, 2.05) is 29.3 Å². The molecule has 10 heteroatoms. The van der Waals surface area contributed by atoms with E-state index < -0.39 is 23.1 Å². The molecule has 4 aromatic rings. The lowest BCUT2D eigenvalue weighted by Gasteiger charge is -2.47. The molecular formula is C23H17F3N6O. The molecule has 1 aromatic carbocycles. The van der Waals surface area contributed by atoms with Crippen molar-refractivity contribution in [3.05, 3.63) is 70.9 Å². The molecule has 33 heavy (non-hydrogen) atoms. The normalized spacial score (nSPS) is 22.8. The number of halogens is 3.